The van der Waals surface area contributed by atoms with Gasteiger partial charge in [0, 0.05) is 12.1 Å². The van der Waals surface area contributed by atoms with Gasteiger partial charge in [0.2, 0.25) is 0 Å². The van der Waals surface area contributed by atoms with Gasteiger partial charge in [0.1, 0.15) is 6.67 Å². The zero-order valence-electron chi connectivity index (χ0n) is 8.82. The average Bonchev–Trinajstić information content (AvgIpc) is 1.97. The molecule has 0 saturated carbocycles. The molecule has 0 rings (SSSR count). The zero-order chi connectivity index (χ0) is 9.78. The molecule has 0 saturated heterocycles. The maximum absolute atomic E-state index is 12.5. The van der Waals surface area contributed by atoms with Crippen LogP contribution >= 0.6 is 0 Å². The molecule has 0 aromatic rings. The molecule has 1 unspecified atom stereocenters. The summed E-state index contributed by atoms with van der Waals surface area (Å²) in [7, 11) is 3.81. The minimum absolute atomic E-state index is 0.0185. The summed E-state index contributed by atoms with van der Waals surface area (Å²) >= 11 is 0. The molecule has 0 bridgehead atoms. The number of hydrogen-bond acceptors (Lipinski definition) is 2. The van der Waals surface area contributed by atoms with Crippen LogP contribution in [0, 0.1) is 0 Å². The van der Waals surface area contributed by atoms with Crippen LogP contribution in [0.5, 0.6) is 0 Å². The van der Waals surface area contributed by atoms with Gasteiger partial charge in [-0.3, -0.25) is 4.90 Å². The number of halogens is 1. The van der Waals surface area contributed by atoms with Crippen molar-refractivity contribution in [3.63, 3.8) is 0 Å². The smallest absolute Gasteiger partial charge is 0.106 e. The van der Waals surface area contributed by atoms with Gasteiger partial charge in [0.25, 0.3) is 0 Å². The van der Waals surface area contributed by atoms with E-state index in [4.69, 9.17) is 0 Å². The van der Waals surface area contributed by atoms with E-state index >= 15 is 0 Å². The molecule has 0 aliphatic rings. The van der Waals surface area contributed by atoms with Crippen molar-refractivity contribution in [2.75, 3.05) is 27.3 Å². The Balaban J connectivity index is 4.11. The van der Waals surface area contributed by atoms with E-state index in [-0.39, 0.29) is 18.3 Å². The minimum atomic E-state index is -0.297. The van der Waals surface area contributed by atoms with Crippen molar-refractivity contribution < 1.29 is 4.39 Å². The summed E-state index contributed by atoms with van der Waals surface area (Å²) in [5.41, 5.74) is 0.0353. The van der Waals surface area contributed by atoms with Crippen LogP contribution in [-0.4, -0.2) is 43.8 Å². The number of alkyl halides is 1. The highest BCUT2D eigenvalue weighted by molar-refractivity contribution is 4.80. The highest BCUT2D eigenvalue weighted by Crippen LogP contribution is 2.14. The summed E-state index contributed by atoms with van der Waals surface area (Å²) in [6.07, 6.45) is 0. The summed E-state index contributed by atoms with van der Waals surface area (Å²) < 4.78 is 12.5. The van der Waals surface area contributed by atoms with Gasteiger partial charge in [-0.25, -0.2) is 4.39 Å². The van der Waals surface area contributed by atoms with Crippen LogP contribution in [0.2, 0.25) is 0 Å². The first kappa shape index (κ1) is 11.8. The van der Waals surface area contributed by atoms with E-state index in [1.54, 1.807) is 0 Å². The second-order valence-electron chi connectivity index (χ2n) is 4.15. The first-order valence-corrected chi connectivity index (χ1v) is 4.37. The highest BCUT2D eigenvalue weighted by atomic mass is 19.1. The third kappa shape index (κ3) is 3.50. The Kier molecular flexibility index (Phi) is 4.71. The van der Waals surface area contributed by atoms with Crippen molar-refractivity contribution >= 4 is 0 Å². The molecule has 1 N–H and O–H groups in total. The van der Waals surface area contributed by atoms with Crippen LogP contribution in [0.3, 0.4) is 0 Å². The molecule has 0 aliphatic carbocycles. The van der Waals surface area contributed by atoms with Crippen LogP contribution < -0.4 is 5.32 Å². The van der Waals surface area contributed by atoms with E-state index in [9.17, 15) is 4.39 Å². The Morgan fingerprint density at radius 2 is 1.92 bits per heavy atom. The monoisotopic (exact) mass is 176 g/mol. The Morgan fingerprint density at radius 1 is 1.42 bits per heavy atom. The number of rotatable bonds is 4. The van der Waals surface area contributed by atoms with E-state index in [0.717, 1.165) is 0 Å². The van der Waals surface area contributed by atoms with Crippen LogP contribution in [0.25, 0.3) is 0 Å². The highest BCUT2D eigenvalue weighted by Gasteiger charge is 2.24. The summed E-state index contributed by atoms with van der Waals surface area (Å²) in [4.78, 5) is 2.06. The average molecular weight is 176 g/mol. The summed E-state index contributed by atoms with van der Waals surface area (Å²) in [6, 6.07) is -0.0185. The van der Waals surface area contributed by atoms with Crippen molar-refractivity contribution in [1.29, 1.82) is 0 Å². The van der Waals surface area contributed by atoms with E-state index < -0.39 is 0 Å². The van der Waals surface area contributed by atoms with Gasteiger partial charge in [0.05, 0.1) is 6.04 Å². The molecule has 0 spiro atoms. The van der Waals surface area contributed by atoms with Crippen LogP contribution in [0.1, 0.15) is 20.8 Å². The van der Waals surface area contributed by atoms with E-state index in [1.165, 1.54) is 0 Å². The van der Waals surface area contributed by atoms with Gasteiger partial charge < -0.3 is 5.32 Å². The lowest BCUT2D eigenvalue weighted by atomic mass is 10.0. The zero-order valence-corrected chi connectivity index (χ0v) is 8.82. The van der Waals surface area contributed by atoms with Crippen molar-refractivity contribution in [1.82, 2.24) is 10.2 Å². The van der Waals surface area contributed by atoms with Gasteiger partial charge in [0.15, 0.2) is 0 Å². The van der Waals surface area contributed by atoms with Gasteiger partial charge in [-0.2, -0.15) is 0 Å². The van der Waals surface area contributed by atoms with Gasteiger partial charge in [-0.1, -0.05) is 0 Å². The quantitative estimate of drug-likeness (QED) is 0.694. The topological polar surface area (TPSA) is 15.3 Å². The van der Waals surface area contributed by atoms with E-state index in [2.05, 4.69) is 31.0 Å². The maximum atomic E-state index is 12.5. The van der Waals surface area contributed by atoms with E-state index in [1.807, 2.05) is 14.1 Å². The first-order chi connectivity index (χ1) is 5.43. The number of nitrogens with zero attached hydrogens (tertiary/aromatic N) is 1. The first-order valence-electron chi connectivity index (χ1n) is 4.37. The molecule has 0 radical (unpaired) electrons. The fraction of sp³-hybridized carbons (Fsp3) is 1.00. The Hall–Kier alpha value is -0.150. The Bertz CT molecular complexity index is 120. The largest absolute Gasteiger partial charge is 0.318 e. The molecule has 1 atom stereocenters. The molecule has 0 aliphatic heterocycles. The predicted molar refractivity (Wildman–Crippen MR) is 51.2 cm³/mol. The second kappa shape index (κ2) is 4.77. The predicted octanol–water partition coefficient (Wildman–Crippen LogP) is 1.27. The van der Waals surface area contributed by atoms with Crippen molar-refractivity contribution in [2.45, 2.75) is 32.4 Å². The SMILES string of the molecule is CNCC(CF)N(C)C(C)(C)C. The van der Waals surface area contributed by atoms with Crippen molar-refractivity contribution in [2.24, 2.45) is 0 Å². The molecule has 0 aromatic heterocycles. The maximum Gasteiger partial charge on any atom is 0.106 e. The van der Waals surface area contributed by atoms with Crippen LogP contribution in [-0.2, 0) is 0 Å². The summed E-state index contributed by atoms with van der Waals surface area (Å²) in [5.74, 6) is 0. The van der Waals surface area contributed by atoms with Crippen LogP contribution in [0.4, 0.5) is 4.39 Å². The number of likely N-dealkylation sites (N-methyl/N-ethyl adjacent to an activating group) is 2. The molecular weight excluding hydrogens is 155 g/mol. The van der Waals surface area contributed by atoms with E-state index in [0.29, 0.717) is 6.54 Å². The van der Waals surface area contributed by atoms with Gasteiger partial charge in [-0.15, -0.1) is 0 Å². The molecule has 3 heteroatoms. The lowest BCUT2D eigenvalue weighted by Gasteiger charge is -2.37. The summed E-state index contributed by atoms with van der Waals surface area (Å²) in [6.45, 7) is 6.67. The molecule has 12 heavy (non-hydrogen) atoms. The molecule has 0 aromatic carbocycles. The third-order valence-electron chi connectivity index (χ3n) is 2.22. The fourth-order valence-electron chi connectivity index (χ4n) is 1.08. The molecule has 2 nitrogen and oxygen atoms in total. The Labute approximate surface area is 75.1 Å². The van der Waals surface area contributed by atoms with Gasteiger partial charge in [-0.05, 0) is 34.9 Å². The Morgan fingerprint density at radius 3 is 2.17 bits per heavy atom. The van der Waals surface area contributed by atoms with Crippen molar-refractivity contribution in [3.8, 4) is 0 Å². The number of hydrogen-bond donors (Lipinski definition) is 1. The van der Waals surface area contributed by atoms with Crippen molar-refractivity contribution in [3.05, 3.63) is 0 Å². The molecule has 0 amide bonds. The lowest BCUT2D eigenvalue weighted by molar-refractivity contribution is 0.0981. The minimum Gasteiger partial charge on any atom is -0.318 e. The number of nitrogens with one attached hydrogen (secondary N) is 1. The molecular formula is C9H21FN2. The molecule has 74 valence electrons. The third-order valence-corrected chi connectivity index (χ3v) is 2.22. The van der Waals surface area contributed by atoms with Gasteiger partial charge >= 0.3 is 0 Å². The van der Waals surface area contributed by atoms with Crippen LogP contribution in [0.15, 0.2) is 0 Å². The standard InChI is InChI=1S/C9H21FN2/c1-9(2,3)12(5)8(6-10)7-11-4/h8,11H,6-7H2,1-5H3. The molecule has 0 heterocycles. The summed E-state index contributed by atoms with van der Waals surface area (Å²) in [5, 5.41) is 2.99. The second-order valence-corrected chi connectivity index (χ2v) is 4.15. The normalized spacial score (nSPS) is 15.2. The molecule has 0 fully saturated rings. The fourth-order valence-corrected chi connectivity index (χ4v) is 1.08. The lowest BCUT2D eigenvalue weighted by Crippen LogP contribution is -2.50.